The van der Waals surface area contributed by atoms with Crippen LogP contribution in [0.1, 0.15) is 23.8 Å². The van der Waals surface area contributed by atoms with E-state index in [-0.39, 0.29) is 6.10 Å². The van der Waals surface area contributed by atoms with Gasteiger partial charge in [0.05, 0.1) is 30.9 Å². The molecule has 1 atom stereocenters. The Balaban J connectivity index is 1.61. The quantitative estimate of drug-likeness (QED) is 0.693. The molecule has 0 spiro atoms. The lowest BCUT2D eigenvalue weighted by atomic mass is 10.1. The van der Waals surface area contributed by atoms with Crippen LogP contribution in [0.5, 0.6) is 0 Å². The first-order chi connectivity index (χ1) is 14.2. The number of nitrogen functional groups attached to an aromatic ring is 1. The molecule has 5 rings (SSSR count). The third-order valence-corrected chi connectivity index (χ3v) is 5.40. The molecular weight excluding hydrogens is 374 g/mol. The summed E-state index contributed by atoms with van der Waals surface area (Å²) in [6.45, 7) is 4.08. The van der Waals surface area contributed by atoms with Crippen LogP contribution in [0.25, 0.3) is 22.4 Å². The van der Waals surface area contributed by atoms with Crippen molar-refractivity contribution in [2.24, 2.45) is 0 Å². The summed E-state index contributed by atoms with van der Waals surface area (Å²) in [5.41, 5.74) is 9.43. The van der Waals surface area contributed by atoms with Crippen molar-refractivity contribution in [3.05, 3.63) is 29.5 Å². The van der Waals surface area contributed by atoms with Crippen molar-refractivity contribution in [1.82, 2.24) is 15.1 Å². The topological polar surface area (TPSA) is 109 Å². The highest BCUT2D eigenvalue weighted by molar-refractivity contribution is 5.90. The lowest BCUT2D eigenvalue weighted by Crippen LogP contribution is -2.37. The number of rotatable bonds is 5. The van der Waals surface area contributed by atoms with Crippen LogP contribution >= 0.6 is 0 Å². The van der Waals surface area contributed by atoms with Gasteiger partial charge in [-0.25, -0.2) is 9.97 Å². The van der Waals surface area contributed by atoms with E-state index in [1.54, 1.807) is 7.11 Å². The van der Waals surface area contributed by atoms with Gasteiger partial charge in [0.15, 0.2) is 17.2 Å². The van der Waals surface area contributed by atoms with Crippen LogP contribution in [-0.2, 0) is 20.8 Å². The normalized spacial score (nSPS) is 19.1. The number of nitrogens with zero attached hydrogens (tertiary/aromatic N) is 4. The maximum absolute atomic E-state index is 6.04. The van der Waals surface area contributed by atoms with E-state index >= 15 is 0 Å². The van der Waals surface area contributed by atoms with E-state index < -0.39 is 0 Å². The monoisotopic (exact) mass is 397 g/mol. The summed E-state index contributed by atoms with van der Waals surface area (Å²) in [6.07, 6.45) is 0.649. The number of morpholine rings is 1. The SMILES string of the molecule is COCCC1OCc2c1nc(-c1ccc3onc(N)c3c1)nc2N1CCOCC1. The fourth-order valence-electron chi connectivity index (χ4n) is 3.86. The van der Waals surface area contributed by atoms with Gasteiger partial charge in [-0.05, 0) is 18.2 Å². The van der Waals surface area contributed by atoms with E-state index in [4.69, 9.17) is 34.4 Å². The summed E-state index contributed by atoms with van der Waals surface area (Å²) in [5.74, 6) is 1.92. The molecule has 0 aliphatic carbocycles. The molecule has 2 aromatic heterocycles. The van der Waals surface area contributed by atoms with Gasteiger partial charge in [-0.3, -0.25) is 0 Å². The van der Waals surface area contributed by atoms with Crippen molar-refractivity contribution in [2.45, 2.75) is 19.1 Å². The predicted octanol–water partition coefficient (Wildman–Crippen LogP) is 2.31. The van der Waals surface area contributed by atoms with Crippen molar-refractivity contribution < 1.29 is 18.7 Å². The Morgan fingerprint density at radius 1 is 1.24 bits per heavy atom. The molecule has 2 aliphatic heterocycles. The van der Waals surface area contributed by atoms with Crippen molar-refractivity contribution in [2.75, 3.05) is 50.7 Å². The number of hydrogen-bond donors (Lipinski definition) is 1. The van der Waals surface area contributed by atoms with Crippen LogP contribution in [0.4, 0.5) is 11.6 Å². The first kappa shape index (κ1) is 18.3. The van der Waals surface area contributed by atoms with Gasteiger partial charge in [-0.1, -0.05) is 5.16 Å². The molecule has 0 bridgehead atoms. The summed E-state index contributed by atoms with van der Waals surface area (Å²) in [4.78, 5) is 12.1. The molecule has 1 saturated heterocycles. The van der Waals surface area contributed by atoms with Gasteiger partial charge in [0.25, 0.3) is 0 Å². The number of hydrogen-bond acceptors (Lipinski definition) is 9. The summed E-state index contributed by atoms with van der Waals surface area (Å²) >= 11 is 0. The Morgan fingerprint density at radius 2 is 2.10 bits per heavy atom. The van der Waals surface area contributed by atoms with Crippen LogP contribution < -0.4 is 10.6 Å². The lowest BCUT2D eigenvalue weighted by Gasteiger charge is -2.29. The van der Waals surface area contributed by atoms with E-state index in [0.717, 1.165) is 47.5 Å². The second kappa shape index (κ2) is 7.58. The zero-order valence-corrected chi connectivity index (χ0v) is 16.3. The minimum absolute atomic E-state index is 0.101. The Hall–Kier alpha value is -2.75. The summed E-state index contributed by atoms with van der Waals surface area (Å²) in [7, 11) is 1.69. The molecule has 2 N–H and O–H groups in total. The van der Waals surface area contributed by atoms with Crippen LogP contribution in [0.15, 0.2) is 22.7 Å². The van der Waals surface area contributed by atoms with Crippen LogP contribution in [0.2, 0.25) is 0 Å². The third kappa shape index (κ3) is 3.31. The molecule has 152 valence electrons. The highest BCUT2D eigenvalue weighted by Crippen LogP contribution is 2.38. The number of ether oxygens (including phenoxy) is 3. The van der Waals surface area contributed by atoms with Gasteiger partial charge in [0.2, 0.25) is 0 Å². The largest absolute Gasteiger partial charge is 0.385 e. The number of methoxy groups -OCH3 is 1. The smallest absolute Gasteiger partial charge is 0.174 e. The molecule has 9 nitrogen and oxygen atoms in total. The minimum Gasteiger partial charge on any atom is -0.385 e. The molecule has 3 aromatic rings. The first-order valence-electron chi connectivity index (χ1n) is 9.74. The fraction of sp³-hybridized carbons (Fsp3) is 0.450. The predicted molar refractivity (Wildman–Crippen MR) is 107 cm³/mol. The molecule has 29 heavy (non-hydrogen) atoms. The van der Waals surface area contributed by atoms with Crippen molar-refractivity contribution in [3.8, 4) is 11.4 Å². The van der Waals surface area contributed by atoms with Gasteiger partial charge < -0.3 is 29.4 Å². The van der Waals surface area contributed by atoms with E-state index in [1.165, 1.54) is 0 Å². The van der Waals surface area contributed by atoms with Crippen LogP contribution in [0.3, 0.4) is 0 Å². The first-order valence-corrected chi connectivity index (χ1v) is 9.74. The number of nitrogens with two attached hydrogens (primary N) is 1. The molecule has 1 fully saturated rings. The van der Waals surface area contributed by atoms with Gasteiger partial charge in [0, 0.05) is 44.4 Å². The standard InChI is InChI=1S/C20H23N5O4/c1-26-7-4-16-17-14(11-28-16)20(25-5-8-27-9-6-25)23-19(22-17)12-2-3-15-13(10-12)18(21)24-29-15/h2-3,10,16H,4-9,11H2,1H3,(H2,21,24). The summed E-state index contributed by atoms with van der Waals surface area (Å²) in [6, 6.07) is 5.70. The van der Waals surface area contributed by atoms with E-state index in [1.807, 2.05) is 18.2 Å². The van der Waals surface area contributed by atoms with Crippen molar-refractivity contribution in [3.63, 3.8) is 0 Å². The number of benzene rings is 1. The van der Waals surface area contributed by atoms with Crippen molar-refractivity contribution >= 4 is 22.6 Å². The molecule has 0 radical (unpaired) electrons. The summed E-state index contributed by atoms with van der Waals surface area (Å²) < 4.78 is 22.0. The molecule has 4 heterocycles. The van der Waals surface area contributed by atoms with Crippen LogP contribution in [-0.4, -0.2) is 55.1 Å². The molecule has 2 aliphatic rings. The van der Waals surface area contributed by atoms with E-state index in [2.05, 4.69) is 10.1 Å². The highest BCUT2D eigenvalue weighted by Gasteiger charge is 2.31. The zero-order valence-electron chi connectivity index (χ0n) is 16.3. The number of aromatic nitrogens is 3. The zero-order chi connectivity index (χ0) is 19.8. The van der Waals surface area contributed by atoms with Gasteiger partial charge in [-0.2, -0.15) is 0 Å². The third-order valence-electron chi connectivity index (χ3n) is 5.40. The van der Waals surface area contributed by atoms with Gasteiger partial charge >= 0.3 is 0 Å². The average Bonchev–Trinajstić information content (AvgIpc) is 3.35. The molecule has 1 unspecified atom stereocenters. The Labute approximate surface area is 167 Å². The fourth-order valence-corrected chi connectivity index (χ4v) is 3.86. The van der Waals surface area contributed by atoms with E-state index in [0.29, 0.717) is 43.7 Å². The highest BCUT2D eigenvalue weighted by atomic mass is 16.5. The number of anilines is 2. The lowest BCUT2D eigenvalue weighted by molar-refractivity contribution is 0.0383. The average molecular weight is 397 g/mol. The maximum atomic E-state index is 6.04. The number of fused-ring (bicyclic) bond motifs is 2. The second-order valence-corrected chi connectivity index (χ2v) is 7.19. The maximum Gasteiger partial charge on any atom is 0.174 e. The van der Waals surface area contributed by atoms with Crippen LogP contribution in [0, 0.1) is 0 Å². The summed E-state index contributed by atoms with van der Waals surface area (Å²) in [5, 5.41) is 4.59. The molecular formula is C20H23N5O4. The molecule has 0 saturated carbocycles. The Kier molecular flexibility index (Phi) is 4.78. The van der Waals surface area contributed by atoms with Gasteiger partial charge in [-0.15, -0.1) is 0 Å². The van der Waals surface area contributed by atoms with Gasteiger partial charge in [0.1, 0.15) is 11.9 Å². The van der Waals surface area contributed by atoms with Crippen molar-refractivity contribution in [1.29, 1.82) is 0 Å². The Morgan fingerprint density at radius 3 is 2.93 bits per heavy atom. The second-order valence-electron chi connectivity index (χ2n) is 7.19. The molecule has 9 heteroatoms. The minimum atomic E-state index is -0.101. The molecule has 1 aromatic carbocycles. The molecule has 0 amide bonds. The van der Waals surface area contributed by atoms with E-state index in [9.17, 15) is 0 Å². The Bertz CT molecular complexity index is 1030.